The number of nitrogens with zero attached hydrogens (tertiary/aromatic N) is 1. The van der Waals surface area contributed by atoms with E-state index in [2.05, 4.69) is 29.4 Å². The van der Waals surface area contributed by atoms with Gasteiger partial charge in [-0.15, -0.1) is 0 Å². The average molecular weight is 227 g/mol. The lowest BCUT2D eigenvalue weighted by Crippen LogP contribution is -2.45. The number of rotatable bonds is 7. The van der Waals surface area contributed by atoms with Crippen LogP contribution in [-0.4, -0.2) is 49.6 Å². The van der Waals surface area contributed by atoms with Gasteiger partial charge in [-0.05, 0) is 38.9 Å². The van der Waals surface area contributed by atoms with Crippen LogP contribution in [0.15, 0.2) is 0 Å². The van der Waals surface area contributed by atoms with Gasteiger partial charge in [0.2, 0.25) is 5.91 Å². The lowest BCUT2D eigenvalue weighted by atomic mass is 10.2. The zero-order chi connectivity index (χ0) is 11.8. The van der Waals surface area contributed by atoms with Gasteiger partial charge in [0.25, 0.3) is 0 Å². The molecule has 0 spiro atoms. The quantitative estimate of drug-likeness (QED) is 0.626. The fourth-order valence-corrected chi connectivity index (χ4v) is 2.25. The number of carbonyl (C=O) groups excluding carboxylic acids is 1. The van der Waals surface area contributed by atoms with E-state index in [9.17, 15) is 4.79 Å². The molecule has 1 aliphatic rings. The Balaban J connectivity index is 2.23. The number of hydrogen-bond donors (Lipinski definition) is 2. The number of carbonyl (C=O) groups is 1. The molecule has 1 rings (SSSR count). The van der Waals surface area contributed by atoms with Gasteiger partial charge in [0.05, 0.1) is 6.04 Å². The molecule has 2 N–H and O–H groups in total. The number of nitrogens with one attached hydrogen (secondary N) is 2. The Hall–Kier alpha value is -0.610. The van der Waals surface area contributed by atoms with E-state index >= 15 is 0 Å². The van der Waals surface area contributed by atoms with Crippen LogP contribution in [0.2, 0.25) is 0 Å². The van der Waals surface area contributed by atoms with Crippen LogP contribution in [0.1, 0.15) is 33.1 Å². The summed E-state index contributed by atoms with van der Waals surface area (Å²) in [6.07, 6.45) is 3.31. The Morgan fingerprint density at radius 3 is 2.88 bits per heavy atom. The van der Waals surface area contributed by atoms with Crippen molar-refractivity contribution in [3.05, 3.63) is 0 Å². The Kier molecular flexibility index (Phi) is 6.42. The molecule has 1 heterocycles. The highest BCUT2D eigenvalue weighted by atomic mass is 16.2. The van der Waals surface area contributed by atoms with E-state index in [4.69, 9.17) is 0 Å². The van der Waals surface area contributed by atoms with Crippen molar-refractivity contribution in [2.45, 2.75) is 39.2 Å². The molecule has 0 aromatic heterocycles. The van der Waals surface area contributed by atoms with Gasteiger partial charge < -0.3 is 10.6 Å². The van der Waals surface area contributed by atoms with Crippen LogP contribution in [0.3, 0.4) is 0 Å². The third-order valence-corrected chi connectivity index (χ3v) is 3.03. The summed E-state index contributed by atoms with van der Waals surface area (Å²) in [5.74, 6) is 0.212. The summed E-state index contributed by atoms with van der Waals surface area (Å²) in [6, 6.07) is 0.126. The summed E-state index contributed by atoms with van der Waals surface area (Å²) in [7, 11) is 0. The van der Waals surface area contributed by atoms with Gasteiger partial charge in [0.15, 0.2) is 0 Å². The molecule has 1 aliphatic heterocycles. The highest BCUT2D eigenvalue weighted by molar-refractivity contribution is 5.82. The van der Waals surface area contributed by atoms with Gasteiger partial charge in [0, 0.05) is 13.1 Å². The van der Waals surface area contributed by atoms with Crippen LogP contribution in [0.5, 0.6) is 0 Å². The van der Waals surface area contributed by atoms with Crippen LogP contribution in [0.4, 0.5) is 0 Å². The second-order valence-corrected chi connectivity index (χ2v) is 4.34. The predicted octanol–water partition coefficient (Wildman–Crippen LogP) is 0.587. The van der Waals surface area contributed by atoms with E-state index in [0.717, 1.165) is 52.0 Å². The topological polar surface area (TPSA) is 44.4 Å². The van der Waals surface area contributed by atoms with Gasteiger partial charge in [-0.2, -0.15) is 0 Å². The fraction of sp³-hybridized carbons (Fsp3) is 0.917. The maximum Gasteiger partial charge on any atom is 0.237 e. The van der Waals surface area contributed by atoms with Crippen molar-refractivity contribution in [2.24, 2.45) is 0 Å². The minimum atomic E-state index is 0.126. The molecule has 4 heteroatoms. The van der Waals surface area contributed by atoms with Gasteiger partial charge in [-0.25, -0.2) is 0 Å². The second kappa shape index (κ2) is 7.63. The van der Waals surface area contributed by atoms with E-state index in [1.807, 2.05) is 0 Å². The smallest absolute Gasteiger partial charge is 0.237 e. The maximum atomic E-state index is 11.9. The van der Waals surface area contributed by atoms with Crippen molar-refractivity contribution in [3.8, 4) is 0 Å². The minimum Gasteiger partial charge on any atom is -0.353 e. The molecular formula is C12H25N3O. The zero-order valence-corrected chi connectivity index (χ0v) is 10.6. The second-order valence-electron chi connectivity index (χ2n) is 4.34. The third-order valence-electron chi connectivity index (χ3n) is 3.03. The summed E-state index contributed by atoms with van der Waals surface area (Å²) in [5, 5.41) is 6.21. The largest absolute Gasteiger partial charge is 0.353 e. The molecule has 0 aromatic rings. The molecule has 94 valence electrons. The van der Waals surface area contributed by atoms with E-state index in [1.165, 1.54) is 0 Å². The number of likely N-dealkylation sites (tertiary alicyclic amines) is 1. The molecule has 1 saturated heterocycles. The first kappa shape index (κ1) is 13.5. The Morgan fingerprint density at radius 1 is 1.38 bits per heavy atom. The molecule has 1 atom stereocenters. The Bertz CT molecular complexity index is 208. The average Bonchev–Trinajstić information content (AvgIpc) is 2.73. The SMILES string of the molecule is CCCN1CCCC1C(=O)NCCNCC. The molecule has 0 aliphatic carbocycles. The van der Waals surface area contributed by atoms with E-state index in [0.29, 0.717) is 0 Å². The van der Waals surface area contributed by atoms with Crippen LogP contribution in [-0.2, 0) is 4.79 Å². The normalized spacial score (nSPS) is 21.2. The highest BCUT2D eigenvalue weighted by Crippen LogP contribution is 2.17. The van der Waals surface area contributed by atoms with Gasteiger partial charge >= 0.3 is 0 Å². The zero-order valence-electron chi connectivity index (χ0n) is 10.6. The van der Waals surface area contributed by atoms with Crippen molar-refractivity contribution in [3.63, 3.8) is 0 Å². The van der Waals surface area contributed by atoms with Gasteiger partial charge in [-0.3, -0.25) is 9.69 Å². The Morgan fingerprint density at radius 2 is 2.19 bits per heavy atom. The first-order valence-corrected chi connectivity index (χ1v) is 6.52. The Labute approximate surface area is 98.8 Å². The molecule has 4 nitrogen and oxygen atoms in total. The predicted molar refractivity (Wildman–Crippen MR) is 66.4 cm³/mol. The monoisotopic (exact) mass is 227 g/mol. The maximum absolute atomic E-state index is 11.9. The highest BCUT2D eigenvalue weighted by Gasteiger charge is 2.29. The number of hydrogen-bond acceptors (Lipinski definition) is 3. The molecule has 0 radical (unpaired) electrons. The van der Waals surface area contributed by atoms with Crippen molar-refractivity contribution in [1.82, 2.24) is 15.5 Å². The summed E-state index contributed by atoms with van der Waals surface area (Å²) >= 11 is 0. The summed E-state index contributed by atoms with van der Waals surface area (Å²) in [6.45, 7) is 8.93. The van der Waals surface area contributed by atoms with Gasteiger partial charge in [0.1, 0.15) is 0 Å². The summed E-state index contributed by atoms with van der Waals surface area (Å²) in [4.78, 5) is 14.2. The molecule has 16 heavy (non-hydrogen) atoms. The van der Waals surface area contributed by atoms with Crippen LogP contribution < -0.4 is 10.6 Å². The molecule has 1 amide bonds. The van der Waals surface area contributed by atoms with Crippen molar-refractivity contribution in [2.75, 3.05) is 32.7 Å². The lowest BCUT2D eigenvalue weighted by Gasteiger charge is -2.22. The molecule has 1 unspecified atom stereocenters. The first-order chi connectivity index (χ1) is 7.79. The number of amides is 1. The van der Waals surface area contributed by atoms with Crippen LogP contribution >= 0.6 is 0 Å². The van der Waals surface area contributed by atoms with E-state index in [1.54, 1.807) is 0 Å². The van der Waals surface area contributed by atoms with E-state index in [-0.39, 0.29) is 11.9 Å². The van der Waals surface area contributed by atoms with Crippen molar-refractivity contribution >= 4 is 5.91 Å². The van der Waals surface area contributed by atoms with Crippen molar-refractivity contribution in [1.29, 1.82) is 0 Å². The molecule has 0 aromatic carbocycles. The molecule has 0 saturated carbocycles. The third kappa shape index (κ3) is 4.10. The van der Waals surface area contributed by atoms with Crippen LogP contribution in [0.25, 0.3) is 0 Å². The molecular weight excluding hydrogens is 202 g/mol. The standard InChI is InChI=1S/C12H25N3O/c1-3-9-15-10-5-6-11(15)12(16)14-8-7-13-4-2/h11,13H,3-10H2,1-2H3,(H,14,16). The van der Waals surface area contributed by atoms with Crippen molar-refractivity contribution < 1.29 is 4.79 Å². The van der Waals surface area contributed by atoms with Crippen LogP contribution in [0, 0.1) is 0 Å². The summed E-state index contributed by atoms with van der Waals surface area (Å²) < 4.78 is 0. The molecule has 0 bridgehead atoms. The lowest BCUT2D eigenvalue weighted by molar-refractivity contribution is -0.125. The molecule has 1 fully saturated rings. The fourth-order valence-electron chi connectivity index (χ4n) is 2.25. The van der Waals surface area contributed by atoms with Gasteiger partial charge in [-0.1, -0.05) is 13.8 Å². The summed E-state index contributed by atoms with van der Waals surface area (Å²) in [5.41, 5.74) is 0. The van der Waals surface area contributed by atoms with E-state index < -0.39 is 0 Å². The minimum absolute atomic E-state index is 0.126. The number of likely N-dealkylation sites (N-methyl/N-ethyl adjacent to an activating group) is 1. The first-order valence-electron chi connectivity index (χ1n) is 6.52.